The molecule has 2 N–H and O–H groups in total. The van der Waals surface area contributed by atoms with Gasteiger partial charge in [0.1, 0.15) is 5.82 Å². The van der Waals surface area contributed by atoms with Gasteiger partial charge in [-0.2, -0.15) is 0 Å². The summed E-state index contributed by atoms with van der Waals surface area (Å²) >= 11 is 7.49. The Bertz CT molecular complexity index is 456. The third kappa shape index (κ3) is 2.20. The Morgan fingerprint density at radius 3 is 2.73 bits per heavy atom. The standard InChI is InChI=1S/C11H9ClFNS/c12-9-6-7(13)3-4-8(9)11(14)10-2-1-5-15-10/h1-6,11H,14H2/t11-/m1/s1. The van der Waals surface area contributed by atoms with E-state index in [1.54, 1.807) is 17.4 Å². The second kappa shape index (κ2) is 4.31. The van der Waals surface area contributed by atoms with Crippen molar-refractivity contribution >= 4 is 22.9 Å². The summed E-state index contributed by atoms with van der Waals surface area (Å²) in [4.78, 5) is 1.02. The Morgan fingerprint density at radius 2 is 2.13 bits per heavy atom. The Balaban J connectivity index is 2.38. The molecule has 1 heterocycles. The van der Waals surface area contributed by atoms with E-state index in [0.717, 1.165) is 10.4 Å². The number of hydrogen-bond donors (Lipinski definition) is 1. The number of thiophene rings is 1. The summed E-state index contributed by atoms with van der Waals surface area (Å²) in [6.07, 6.45) is 0. The fraction of sp³-hybridized carbons (Fsp3) is 0.0909. The van der Waals surface area contributed by atoms with Gasteiger partial charge in [-0.15, -0.1) is 11.3 Å². The van der Waals surface area contributed by atoms with Crippen molar-refractivity contribution in [3.63, 3.8) is 0 Å². The van der Waals surface area contributed by atoms with Gasteiger partial charge in [0.2, 0.25) is 0 Å². The fourth-order valence-corrected chi connectivity index (χ4v) is 2.40. The van der Waals surface area contributed by atoms with Crippen molar-refractivity contribution < 1.29 is 4.39 Å². The highest BCUT2D eigenvalue weighted by atomic mass is 35.5. The third-order valence-electron chi connectivity index (χ3n) is 2.15. The zero-order valence-electron chi connectivity index (χ0n) is 7.78. The number of benzene rings is 1. The lowest BCUT2D eigenvalue weighted by atomic mass is 10.1. The first-order chi connectivity index (χ1) is 7.18. The minimum atomic E-state index is -0.345. The van der Waals surface area contributed by atoms with E-state index in [-0.39, 0.29) is 11.9 Å². The van der Waals surface area contributed by atoms with Crippen LogP contribution in [0, 0.1) is 5.82 Å². The normalized spacial score (nSPS) is 12.7. The molecule has 1 aromatic carbocycles. The zero-order chi connectivity index (χ0) is 10.8. The van der Waals surface area contributed by atoms with Crippen LogP contribution in [0.3, 0.4) is 0 Å². The van der Waals surface area contributed by atoms with Crippen LogP contribution in [-0.4, -0.2) is 0 Å². The van der Waals surface area contributed by atoms with Crippen LogP contribution in [0.5, 0.6) is 0 Å². The van der Waals surface area contributed by atoms with E-state index in [1.165, 1.54) is 12.1 Å². The van der Waals surface area contributed by atoms with Gasteiger partial charge in [-0.25, -0.2) is 4.39 Å². The predicted molar refractivity (Wildman–Crippen MR) is 61.8 cm³/mol. The number of nitrogens with two attached hydrogens (primary N) is 1. The van der Waals surface area contributed by atoms with Gasteiger partial charge in [0.15, 0.2) is 0 Å². The van der Waals surface area contributed by atoms with E-state index in [0.29, 0.717) is 5.02 Å². The summed E-state index contributed by atoms with van der Waals surface area (Å²) in [6, 6.07) is 7.87. The molecule has 0 amide bonds. The van der Waals surface area contributed by atoms with Crippen molar-refractivity contribution in [2.24, 2.45) is 5.73 Å². The van der Waals surface area contributed by atoms with Crippen molar-refractivity contribution in [1.82, 2.24) is 0 Å². The Labute approximate surface area is 96.3 Å². The smallest absolute Gasteiger partial charge is 0.124 e. The highest BCUT2D eigenvalue weighted by molar-refractivity contribution is 7.10. The maximum absolute atomic E-state index is 12.8. The van der Waals surface area contributed by atoms with Crippen LogP contribution in [-0.2, 0) is 0 Å². The topological polar surface area (TPSA) is 26.0 Å². The van der Waals surface area contributed by atoms with Gasteiger partial charge in [-0.05, 0) is 29.1 Å². The molecule has 0 saturated carbocycles. The molecule has 2 rings (SSSR count). The largest absolute Gasteiger partial charge is 0.320 e. The fourth-order valence-electron chi connectivity index (χ4n) is 1.38. The van der Waals surface area contributed by atoms with Gasteiger partial charge in [-0.1, -0.05) is 23.7 Å². The van der Waals surface area contributed by atoms with Crippen molar-refractivity contribution in [2.45, 2.75) is 6.04 Å². The molecule has 0 spiro atoms. The second-order valence-corrected chi connectivity index (χ2v) is 4.55. The lowest BCUT2D eigenvalue weighted by Crippen LogP contribution is -2.10. The predicted octanol–water partition coefficient (Wildman–Crippen LogP) is 3.59. The molecule has 1 atom stereocenters. The minimum absolute atomic E-state index is 0.280. The molecular weight excluding hydrogens is 233 g/mol. The quantitative estimate of drug-likeness (QED) is 0.855. The molecule has 78 valence electrons. The monoisotopic (exact) mass is 241 g/mol. The second-order valence-electron chi connectivity index (χ2n) is 3.16. The summed E-state index contributed by atoms with van der Waals surface area (Å²) < 4.78 is 12.8. The first-order valence-corrected chi connectivity index (χ1v) is 5.68. The van der Waals surface area contributed by atoms with Gasteiger partial charge in [-0.3, -0.25) is 0 Å². The summed E-state index contributed by atoms with van der Waals surface area (Å²) in [5.41, 5.74) is 6.77. The van der Waals surface area contributed by atoms with E-state index in [2.05, 4.69) is 0 Å². The first-order valence-electron chi connectivity index (χ1n) is 4.42. The molecule has 1 aromatic heterocycles. The van der Waals surface area contributed by atoms with Crippen LogP contribution >= 0.6 is 22.9 Å². The molecular formula is C11H9ClFNS. The maximum Gasteiger partial charge on any atom is 0.124 e. The van der Waals surface area contributed by atoms with Gasteiger partial charge in [0.05, 0.1) is 6.04 Å². The number of rotatable bonds is 2. The molecule has 0 radical (unpaired) electrons. The Hall–Kier alpha value is -0.900. The molecule has 1 nitrogen and oxygen atoms in total. The average molecular weight is 242 g/mol. The van der Waals surface area contributed by atoms with Crippen molar-refractivity contribution in [1.29, 1.82) is 0 Å². The zero-order valence-corrected chi connectivity index (χ0v) is 9.36. The number of halogens is 2. The van der Waals surface area contributed by atoms with Crippen molar-refractivity contribution in [3.05, 3.63) is 57.0 Å². The van der Waals surface area contributed by atoms with Crippen LogP contribution in [0.25, 0.3) is 0 Å². The average Bonchev–Trinajstić information content (AvgIpc) is 2.69. The first kappa shape index (κ1) is 10.6. The molecule has 0 unspecified atom stereocenters. The van der Waals surface area contributed by atoms with Crippen LogP contribution in [0.2, 0.25) is 5.02 Å². The summed E-state index contributed by atoms with van der Waals surface area (Å²) in [5, 5.41) is 2.32. The molecule has 2 aromatic rings. The van der Waals surface area contributed by atoms with Gasteiger partial charge in [0.25, 0.3) is 0 Å². The van der Waals surface area contributed by atoms with E-state index >= 15 is 0 Å². The highest BCUT2D eigenvalue weighted by Crippen LogP contribution is 2.29. The van der Waals surface area contributed by atoms with Crippen LogP contribution in [0.4, 0.5) is 4.39 Å². The Morgan fingerprint density at radius 1 is 1.33 bits per heavy atom. The molecule has 15 heavy (non-hydrogen) atoms. The van der Waals surface area contributed by atoms with Gasteiger partial charge < -0.3 is 5.73 Å². The van der Waals surface area contributed by atoms with Crippen LogP contribution in [0.15, 0.2) is 35.7 Å². The van der Waals surface area contributed by atoms with Crippen molar-refractivity contribution in [2.75, 3.05) is 0 Å². The van der Waals surface area contributed by atoms with E-state index in [4.69, 9.17) is 17.3 Å². The maximum atomic E-state index is 12.8. The summed E-state index contributed by atoms with van der Waals surface area (Å²) in [7, 11) is 0. The van der Waals surface area contributed by atoms with E-state index < -0.39 is 0 Å². The van der Waals surface area contributed by atoms with Gasteiger partial charge in [0, 0.05) is 9.90 Å². The molecule has 0 aliphatic rings. The van der Waals surface area contributed by atoms with Crippen LogP contribution < -0.4 is 5.73 Å². The SMILES string of the molecule is N[C@@H](c1cccs1)c1ccc(F)cc1Cl. The summed E-state index contributed by atoms with van der Waals surface area (Å²) in [6.45, 7) is 0. The minimum Gasteiger partial charge on any atom is -0.320 e. The molecule has 0 fully saturated rings. The number of hydrogen-bond acceptors (Lipinski definition) is 2. The Kier molecular flexibility index (Phi) is 3.05. The summed E-state index contributed by atoms with van der Waals surface area (Å²) in [5.74, 6) is -0.345. The van der Waals surface area contributed by atoms with Gasteiger partial charge >= 0.3 is 0 Å². The molecule has 0 saturated heterocycles. The lowest BCUT2D eigenvalue weighted by molar-refractivity contribution is 0.626. The molecule has 0 aliphatic carbocycles. The van der Waals surface area contributed by atoms with E-state index in [9.17, 15) is 4.39 Å². The van der Waals surface area contributed by atoms with Crippen molar-refractivity contribution in [3.8, 4) is 0 Å². The molecule has 0 aliphatic heterocycles. The molecule has 4 heteroatoms. The van der Waals surface area contributed by atoms with Crippen LogP contribution in [0.1, 0.15) is 16.5 Å². The molecule has 0 bridgehead atoms. The lowest BCUT2D eigenvalue weighted by Gasteiger charge is -2.11. The third-order valence-corrected chi connectivity index (χ3v) is 3.43. The van der Waals surface area contributed by atoms with E-state index in [1.807, 2.05) is 17.5 Å². The highest BCUT2D eigenvalue weighted by Gasteiger charge is 2.13.